The third-order valence-electron chi connectivity index (χ3n) is 3.78. The number of rotatable bonds is 4. The van der Waals surface area contributed by atoms with Crippen LogP contribution in [0.2, 0.25) is 5.02 Å². The number of fused-ring (bicyclic) bond motifs is 1. The number of ether oxygens (including phenoxy) is 1. The molecule has 0 saturated heterocycles. The smallest absolute Gasteiger partial charge is 0.253 e. The van der Waals surface area contributed by atoms with E-state index in [2.05, 4.69) is 20.3 Å². The van der Waals surface area contributed by atoms with E-state index in [9.17, 15) is 9.18 Å². The van der Waals surface area contributed by atoms with E-state index in [1.54, 1.807) is 19.1 Å². The third-order valence-corrected chi connectivity index (χ3v) is 4.00. The molecule has 9 heteroatoms. The molecule has 2 N–H and O–H groups in total. The highest BCUT2D eigenvalue weighted by Gasteiger charge is 2.15. The largest absolute Gasteiger partial charge is 0.480 e. The lowest BCUT2D eigenvalue weighted by molar-refractivity contribution is 0.396. The van der Waals surface area contributed by atoms with Crippen molar-refractivity contribution >= 4 is 28.5 Å². The maximum atomic E-state index is 13.9. The van der Waals surface area contributed by atoms with Gasteiger partial charge in [-0.25, -0.2) is 9.37 Å². The van der Waals surface area contributed by atoms with Crippen molar-refractivity contribution in [1.29, 1.82) is 5.26 Å². The monoisotopic (exact) mass is 373 g/mol. The maximum absolute atomic E-state index is 13.9. The summed E-state index contributed by atoms with van der Waals surface area (Å²) in [6.07, 6.45) is 1.32. The van der Waals surface area contributed by atoms with Gasteiger partial charge in [0.25, 0.3) is 5.56 Å². The number of pyridine rings is 1. The van der Waals surface area contributed by atoms with Gasteiger partial charge >= 0.3 is 0 Å². The highest BCUT2D eigenvalue weighted by Crippen LogP contribution is 2.24. The van der Waals surface area contributed by atoms with Crippen LogP contribution in [0.3, 0.4) is 0 Å². The number of hydrogen-bond acceptors (Lipinski definition) is 6. The van der Waals surface area contributed by atoms with Crippen LogP contribution in [-0.2, 0) is 0 Å². The molecule has 0 amide bonds. The first-order valence-electron chi connectivity index (χ1n) is 7.52. The second-order valence-corrected chi connectivity index (χ2v) is 5.94. The SMILES string of the molecule is COc1nc(NC(C)c2cc3cc(Cl)cc(F)c3[nH]c2=O)ncc1C#N. The minimum absolute atomic E-state index is 0.0895. The molecular weight excluding hydrogens is 361 g/mol. The lowest BCUT2D eigenvalue weighted by Crippen LogP contribution is -2.20. The quantitative estimate of drug-likeness (QED) is 0.728. The van der Waals surface area contributed by atoms with Crippen LogP contribution in [-0.4, -0.2) is 22.1 Å². The predicted molar refractivity (Wildman–Crippen MR) is 94.9 cm³/mol. The molecule has 0 aliphatic heterocycles. The van der Waals surface area contributed by atoms with Crippen molar-refractivity contribution in [3.05, 3.63) is 56.7 Å². The van der Waals surface area contributed by atoms with Crippen LogP contribution in [0.25, 0.3) is 10.9 Å². The molecule has 0 aliphatic carbocycles. The summed E-state index contributed by atoms with van der Waals surface area (Å²) in [6.45, 7) is 1.73. The molecule has 0 saturated carbocycles. The van der Waals surface area contributed by atoms with E-state index in [1.807, 2.05) is 6.07 Å². The van der Waals surface area contributed by atoms with Gasteiger partial charge in [0, 0.05) is 16.0 Å². The second kappa shape index (κ2) is 6.98. The van der Waals surface area contributed by atoms with Gasteiger partial charge in [-0.1, -0.05) is 11.6 Å². The van der Waals surface area contributed by atoms with Crippen molar-refractivity contribution in [3.63, 3.8) is 0 Å². The molecule has 0 aliphatic rings. The molecule has 3 aromatic rings. The minimum Gasteiger partial charge on any atom is -0.480 e. The molecule has 7 nitrogen and oxygen atoms in total. The summed E-state index contributed by atoms with van der Waals surface area (Å²) >= 11 is 5.88. The summed E-state index contributed by atoms with van der Waals surface area (Å²) in [6, 6.07) is 5.68. The fourth-order valence-corrected chi connectivity index (χ4v) is 2.73. The van der Waals surface area contributed by atoms with Crippen molar-refractivity contribution in [2.75, 3.05) is 12.4 Å². The molecule has 3 rings (SSSR count). The fourth-order valence-electron chi connectivity index (χ4n) is 2.52. The molecule has 26 heavy (non-hydrogen) atoms. The summed E-state index contributed by atoms with van der Waals surface area (Å²) in [7, 11) is 1.39. The van der Waals surface area contributed by atoms with E-state index in [0.29, 0.717) is 10.9 Å². The maximum Gasteiger partial charge on any atom is 0.253 e. The number of nitriles is 1. The zero-order chi connectivity index (χ0) is 18.8. The normalized spacial score (nSPS) is 11.8. The average Bonchev–Trinajstić information content (AvgIpc) is 2.61. The van der Waals surface area contributed by atoms with Gasteiger partial charge in [-0.3, -0.25) is 4.79 Å². The Kier molecular flexibility index (Phi) is 4.73. The molecule has 0 spiro atoms. The molecule has 0 radical (unpaired) electrons. The van der Waals surface area contributed by atoms with Gasteiger partial charge in [-0.05, 0) is 25.1 Å². The van der Waals surface area contributed by atoms with Crippen LogP contribution in [0.1, 0.15) is 24.1 Å². The van der Waals surface area contributed by atoms with Gasteiger partial charge < -0.3 is 15.0 Å². The Balaban J connectivity index is 1.98. The molecule has 132 valence electrons. The summed E-state index contributed by atoms with van der Waals surface area (Å²) in [4.78, 5) is 23.0. The van der Waals surface area contributed by atoms with Crippen LogP contribution >= 0.6 is 11.6 Å². The molecule has 1 unspecified atom stereocenters. The van der Waals surface area contributed by atoms with Gasteiger partial charge in [0.2, 0.25) is 11.8 Å². The first kappa shape index (κ1) is 17.6. The van der Waals surface area contributed by atoms with Crippen molar-refractivity contribution in [2.45, 2.75) is 13.0 Å². The zero-order valence-electron chi connectivity index (χ0n) is 13.8. The van der Waals surface area contributed by atoms with Crippen molar-refractivity contribution < 1.29 is 9.13 Å². The number of aromatic nitrogens is 3. The fraction of sp³-hybridized carbons (Fsp3) is 0.176. The van der Waals surface area contributed by atoms with Crippen LogP contribution < -0.4 is 15.6 Å². The number of nitrogens with zero attached hydrogens (tertiary/aromatic N) is 3. The lowest BCUT2D eigenvalue weighted by atomic mass is 10.1. The van der Waals surface area contributed by atoms with E-state index < -0.39 is 17.4 Å². The molecule has 0 fully saturated rings. The third kappa shape index (κ3) is 3.30. The Bertz CT molecular complexity index is 1090. The van der Waals surface area contributed by atoms with Crippen molar-refractivity contribution in [1.82, 2.24) is 15.0 Å². The Hall–Kier alpha value is -3.18. The molecule has 2 aromatic heterocycles. The second-order valence-electron chi connectivity index (χ2n) is 5.50. The molecule has 0 bridgehead atoms. The number of H-pyrrole nitrogens is 1. The van der Waals surface area contributed by atoms with Crippen LogP contribution in [0.5, 0.6) is 5.88 Å². The van der Waals surface area contributed by atoms with Crippen molar-refractivity contribution in [3.8, 4) is 11.9 Å². The minimum atomic E-state index is -0.600. The Morgan fingerprint density at radius 3 is 2.88 bits per heavy atom. The van der Waals surface area contributed by atoms with Gasteiger partial charge in [0.05, 0.1) is 24.9 Å². The first-order chi connectivity index (χ1) is 12.4. The van der Waals surface area contributed by atoms with Gasteiger partial charge in [-0.15, -0.1) is 0 Å². The molecule has 1 atom stereocenters. The summed E-state index contributed by atoms with van der Waals surface area (Å²) in [5.41, 5.74) is 0.191. The highest BCUT2D eigenvalue weighted by molar-refractivity contribution is 6.31. The van der Waals surface area contributed by atoms with Gasteiger partial charge in [0.1, 0.15) is 17.4 Å². The standard InChI is InChI=1S/C17H13ClFN5O2/c1-8(22-17-21-7-10(6-20)16(24-17)26-2)12-4-9-3-11(18)5-13(19)14(9)23-15(12)25/h3-5,7-8H,1-2H3,(H,23,25)(H,21,22,24). The topological polar surface area (TPSA) is 104 Å². The number of hydrogen-bond donors (Lipinski definition) is 2. The Morgan fingerprint density at radius 1 is 1.42 bits per heavy atom. The van der Waals surface area contributed by atoms with Gasteiger partial charge in [0.15, 0.2) is 0 Å². The van der Waals surface area contributed by atoms with Crippen molar-refractivity contribution in [2.24, 2.45) is 0 Å². The number of methoxy groups -OCH3 is 1. The van der Waals surface area contributed by atoms with E-state index in [-0.39, 0.29) is 27.9 Å². The van der Waals surface area contributed by atoms with E-state index in [1.165, 1.54) is 13.3 Å². The van der Waals surface area contributed by atoms with E-state index in [0.717, 1.165) is 6.07 Å². The summed E-state index contributed by atoms with van der Waals surface area (Å²) in [5.74, 6) is -0.291. The molecular formula is C17H13ClFN5O2. The van der Waals surface area contributed by atoms with Crippen LogP contribution in [0, 0.1) is 17.1 Å². The van der Waals surface area contributed by atoms with E-state index in [4.69, 9.17) is 21.6 Å². The Morgan fingerprint density at radius 2 is 2.19 bits per heavy atom. The number of halogens is 2. The van der Waals surface area contributed by atoms with E-state index >= 15 is 0 Å². The lowest BCUT2D eigenvalue weighted by Gasteiger charge is -2.15. The Labute approximate surface area is 152 Å². The van der Waals surface area contributed by atoms with Crippen LogP contribution in [0.15, 0.2) is 29.2 Å². The van der Waals surface area contributed by atoms with Gasteiger partial charge in [-0.2, -0.15) is 10.2 Å². The number of nitrogens with one attached hydrogen (secondary N) is 2. The first-order valence-corrected chi connectivity index (χ1v) is 7.90. The average molecular weight is 374 g/mol. The summed E-state index contributed by atoms with van der Waals surface area (Å²) < 4.78 is 19.0. The zero-order valence-corrected chi connectivity index (χ0v) is 14.6. The molecule has 1 aromatic carbocycles. The molecule has 2 heterocycles. The summed E-state index contributed by atoms with van der Waals surface area (Å²) in [5, 5.41) is 12.6. The highest BCUT2D eigenvalue weighted by atomic mass is 35.5. The predicted octanol–water partition coefficient (Wildman–Crippen LogP) is 3.16. The number of aromatic amines is 1. The number of anilines is 1. The number of benzene rings is 1. The van der Waals surface area contributed by atoms with Crippen LogP contribution in [0.4, 0.5) is 10.3 Å².